The summed E-state index contributed by atoms with van der Waals surface area (Å²) >= 11 is 1.66. The lowest BCUT2D eigenvalue weighted by Gasteiger charge is -2.34. The third-order valence-electron chi connectivity index (χ3n) is 4.75. The Morgan fingerprint density at radius 1 is 1.23 bits per heavy atom. The van der Waals surface area contributed by atoms with Gasteiger partial charge in [0.15, 0.2) is 5.13 Å². The first kappa shape index (κ1) is 16.8. The molecule has 0 aliphatic carbocycles. The molecule has 3 aromatic rings. The first-order chi connectivity index (χ1) is 12.6. The van der Waals surface area contributed by atoms with Crippen LogP contribution in [0.3, 0.4) is 0 Å². The van der Waals surface area contributed by atoms with Gasteiger partial charge in [-0.2, -0.15) is 5.10 Å². The van der Waals surface area contributed by atoms with E-state index in [9.17, 15) is 4.79 Å². The van der Waals surface area contributed by atoms with E-state index in [1.54, 1.807) is 29.3 Å². The molecule has 3 heterocycles. The Kier molecular flexibility index (Phi) is 4.28. The topological polar surface area (TPSA) is 63.5 Å². The molecule has 1 aromatic carbocycles. The van der Waals surface area contributed by atoms with Crippen molar-refractivity contribution in [2.75, 3.05) is 38.2 Å². The second-order valence-corrected chi connectivity index (χ2v) is 7.42. The second-order valence-electron chi connectivity index (χ2n) is 6.41. The van der Waals surface area contributed by atoms with Crippen molar-refractivity contribution in [1.29, 1.82) is 0 Å². The number of hydrogen-bond donors (Lipinski definition) is 0. The Morgan fingerprint density at radius 2 is 2.00 bits per heavy atom. The molecule has 2 aromatic heterocycles. The smallest absolute Gasteiger partial charge is 0.272 e. The maximum absolute atomic E-state index is 12.8. The highest BCUT2D eigenvalue weighted by atomic mass is 32.1. The minimum atomic E-state index is 0.0520. The Bertz CT molecular complexity index is 936. The zero-order valence-corrected chi connectivity index (χ0v) is 15.9. The van der Waals surface area contributed by atoms with Gasteiger partial charge < -0.3 is 14.5 Å². The molecule has 0 unspecified atom stereocenters. The number of piperazine rings is 1. The summed E-state index contributed by atoms with van der Waals surface area (Å²) in [7, 11) is 3.48. The van der Waals surface area contributed by atoms with E-state index in [2.05, 4.69) is 10.00 Å². The van der Waals surface area contributed by atoms with Crippen molar-refractivity contribution < 1.29 is 9.53 Å². The van der Waals surface area contributed by atoms with Gasteiger partial charge in [0, 0.05) is 33.2 Å². The monoisotopic (exact) mass is 371 g/mol. The van der Waals surface area contributed by atoms with E-state index in [0.29, 0.717) is 18.8 Å². The number of hydrogen-bond acceptors (Lipinski definition) is 6. The van der Waals surface area contributed by atoms with E-state index in [0.717, 1.165) is 39.8 Å². The van der Waals surface area contributed by atoms with Crippen LogP contribution in [-0.4, -0.2) is 58.9 Å². The molecule has 1 aliphatic heterocycles. The number of nitrogens with zero attached hydrogens (tertiary/aromatic N) is 5. The standard InChI is InChI=1S/C18H21N5O2S/c1-12-11-19-21(2)16(12)17(24)22-6-8-23(9-7-22)18-20-14-5-4-13(25-3)10-15(14)26-18/h4-5,10-11H,6-9H2,1-3H3. The molecule has 7 nitrogen and oxygen atoms in total. The average molecular weight is 371 g/mol. The zero-order chi connectivity index (χ0) is 18.3. The Labute approximate surface area is 155 Å². The number of aromatic nitrogens is 3. The summed E-state index contributed by atoms with van der Waals surface area (Å²) in [6.07, 6.45) is 1.74. The number of aryl methyl sites for hydroxylation is 2. The van der Waals surface area contributed by atoms with Crippen molar-refractivity contribution in [3.8, 4) is 5.75 Å². The molecule has 1 aliphatic rings. The predicted molar refractivity (Wildman–Crippen MR) is 102 cm³/mol. The summed E-state index contributed by atoms with van der Waals surface area (Å²) < 4.78 is 8.06. The fourth-order valence-electron chi connectivity index (χ4n) is 3.26. The van der Waals surface area contributed by atoms with Crippen LogP contribution in [0, 0.1) is 6.92 Å². The van der Waals surface area contributed by atoms with Gasteiger partial charge in [0.05, 0.1) is 23.5 Å². The van der Waals surface area contributed by atoms with Crippen LogP contribution < -0.4 is 9.64 Å². The summed E-state index contributed by atoms with van der Waals surface area (Å²) in [5.74, 6) is 0.894. The van der Waals surface area contributed by atoms with Gasteiger partial charge in [-0.25, -0.2) is 4.98 Å². The van der Waals surface area contributed by atoms with Gasteiger partial charge in [0.25, 0.3) is 5.91 Å². The zero-order valence-electron chi connectivity index (χ0n) is 15.1. The van der Waals surface area contributed by atoms with Crippen LogP contribution in [-0.2, 0) is 7.05 Å². The fraction of sp³-hybridized carbons (Fsp3) is 0.389. The molecule has 1 amide bonds. The molecule has 0 bridgehead atoms. The first-order valence-corrected chi connectivity index (χ1v) is 9.36. The molecule has 1 saturated heterocycles. The lowest BCUT2D eigenvalue weighted by molar-refractivity contribution is 0.0735. The number of carbonyl (C=O) groups excluding carboxylic acids is 1. The minimum absolute atomic E-state index is 0.0520. The highest BCUT2D eigenvalue weighted by Crippen LogP contribution is 2.32. The highest BCUT2D eigenvalue weighted by molar-refractivity contribution is 7.22. The van der Waals surface area contributed by atoms with E-state index in [-0.39, 0.29) is 5.91 Å². The Hall–Kier alpha value is -2.61. The summed E-state index contributed by atoms with van der Waals surface area (Å²) in [5, 5.41) is 5.17. The maximum Gasteiger partial charge on any atom is 0.272 e. The van der Waals surface area contributed by atoms with Crippen molar-refractivity contribution in [3.63, 3.8) is 0 Å². The van der Waals surface area contributed by atoms with Gasteiger partial charge in [-0.3, -0.25) is 9.48 Å². The number of thiazole rings is 1. The maximum atomic E-state index is 12.8. The molecule has 0 spiro atoms. The summed E-state index contributed by atoms with van der Waals surface area (Å²) in [6.45, 7) is 4.84. The molecule has 4 rings (SSSR count). The fourth-order valence-corrected chi connectivity index (χ4v) is 4.31. The number of amides is 1. The molecule has 26 heavy (non-hydrogen) atoms. The molecule has 8 heteroatoms. The van der Waals surface area contributed by atoms with E-state index in [4.69, 9.17) is 9.72 Å². The summed E-state index contributed by atoms with van der Waals surface area (Å²) in [6, 6.07) is 5.93. The quantitative estimate of drug-likeness (QED) is 0.707. The molecule has 0 atom stereocenters. The third kappa shape index (κ3) is 2.90. The van der Waals surface area contributed by atoms with Crippen molar-refractivity contribution in [1.82, 2.24) is 19.7 Å². The highest BCUT2D eigenvalue weighted by Gasteiger charge is 2.26. The number of fused-ring (bicyclic) bond motifs is 1. The van der Waals surface area contributed by atoms with Crippen molar-refractivity contribution in [3.05, 3.63) is 35.7 Å². The number of methoxy groups -OCH3 is 1. The largest absolute Gasteiger partial charge is 0.497 e. The second kappa shape index (κ2) is 6.60. The Balaban J connectivity index is 1.47. The van der Waals surface area contributed by atoms with E-state index < -0.39 is 0 Å². The molecular weight excluding hydrogens is 350 g/mol. The van der Waals surface area contributed by atoms with Crippen LogP contribution >= 0.6 is 11.3 Å². The minimum Gasteiger partial charge on any atom is -0.497 e. The van der Waals surface area contributed by atoms with Crippen molar-refractivity contribution in [2.24, 2.45) is 7.05 Å². The van der Waals surface area contributed by atoms with E-state index in [1.807, 2.05) is 37.1 Å². The van der Waals surface area contributed by atoms with Crippen LogP contribution in [0.2, 0.25) is 0 Å². The van der Waals surface area contributed by atoms with Gasteiger partial charge >= 0.3 is 0 Å². The van der Waals surface area contributed by atoms with Crippen LogP contribution in [0.25, 0.3) is 10.2 Å². The Morgan fingerprint density at radius 3 is 2.65 bits per heavy atom. The number of ether oxygens (including phenoxy) is 1. The molecular formula is C18H21N5O2S. The average Bonchev–Trinajstić information content (AvgIpc) is 3.23. The SMILES string of the molecule is COc1ccc2nc(N3CCN(C(=O)c4c(C)cnn4C)CC3)sc2c1. The van der Waals surface area contributed by atoms with Gasteiger partial charge in [-0.05, 0) is 30.7 Å². The van der Waals surface area contributed by atoms with Crippen molar-refractivity contribution >= 4 is 32.6 Å². The van der Waals surface area contributed by atoms with Gasteiger partial charge in [0.2, 0.25) is 0 Å². The van der Waals surface area contributed by atoms with E-state index in [1.165, 1.54) is 0 Å². The molecule has 0 radical (unpaired) electrons. The third-order valence-corrected chi connectivity index (χ3v) is 5.82. The first-order valence-electron chi connectivity index (χ1n) is 8.54. The lowest BCUT2D eigenvalue weighted by atomic mass is 10.2. The number of anilines is 1. The number of carbonyl (C=O) groups is 1. The van der Waals surface area contributed by atoms with Gasteiger partial charge in [0.1, 0.15) is 11.4 Å². The normalized spacial score (nSPS) is 14.9. The molecule has 0 saturated carbocycles. The summed E-state index contributed by atoms with van der Waals surface area (Å²) in [4.78, 5) is 21.7. The number of benzene rings is 1. The van der Waals surface area contributed by atoms with Gasteiger partial charge in [-0.15, -0.1) is 0 Å². The molecule has 1 fully saturated rings. The number of rotatable bonds is 3. The van der Waals surface area contributed by atoms with Crippen molar-refractivity contribution in [2.45, 2.75) is 6.92 Å². The lowest BCUT2D eigenvalue weighted by Crippen LogP contribution is -2.49. The van der Waals surface area contributed by atoms with Crippen LogP contribution in [0.15, 0.2) is 24.4 Å². The van der Waals surface area contributed by atoms with Gasteiger partial charge in [-0.1, -0.05) is 11.3 Å². The summed E-state index contributed by atoms with van der Waals surface area (Å²) in [5.41, 5.74) is 2.57. The van der Waals surface area contributed by atoms with Crippen LogP contribution in [0.1, 0.15) is 16.1 Å². The van der Waals surface area contributed by atoms with E-state index >= 15 is 0 Å². The van der Waals surface area contributed by atoms with Crippen LogP contribution in [0.4, 0.5) is 5.13 Å². The molecule has 136 valence electrons. The molecule has 0 N–H and O–H groups in total. The van der Waals surface area contributed by atoms with Crippen LogP contribution in [0.5, 0.6) is 5.75 Å². The predicted octanol–water partition coefficient (Wildman–Crippen LogP) is 2.31.